The van der Waals surface area contributed by atoms with Crippen LogP contribution in [-0.4, -0.2) is 22.1 Å². The third kappa shape index (κ3) is 3.19. The Morgan fingerprint density at radius 3 is 2.63 bits per heavy atom. The fourth-order valence-electron chi connectivity index (χ4n) is 1.84. The van der Waals surface area contributed by atoms with Crippen LogP contribution in [0.4, 0.5) is 10.2 Å². The van der Waals surface area contributed by atoms with Crippen LogP contribution >= 0.6 is 0 Å². The van der Waals surface area contributed by atoms with Crippen molar-refractivity contribution in [2.75, 3.05) is 12.4 Å². The van der Waals surface area contributed by atoms with E-state index in [1.165, 1.54) is 12.1 Å². The number of nitrogens with one attached hydrogen (secondary N) is 1. The second-order valence-electron chi connectivity index (χ2n) is 4.27. The molecule has 1 heterocycles. The van der Waals surface area contributed by atoms with Crippen LogP contribution in [0.15, 0.2) is 24.3 Å². The first-order chi connectivity index (χ1) is 9.12. The van der Waals surface area contributed by atoms with Crippen molar-refractivity contribution in [1.29, 1.82) is 0 Å². The number of rotatable bonds is 4. The van der Waals surface area contributed by atoms with Gasteiger partial charge in [-0.15, -0.1) is 0 Å². The predicted molar refractivity (Wildman–Crippen MR) is 72.6 cm³/mol. The van der Waals surface area contributed by atoms with Gasteiger partial charge in [-0.1, -0.05) is 13.3 Å². The van der Waals surface area contributed by atoms with Gasteiger partial charge in [-0.25, -0.2) is 14.4 Å². The highest BCUT2D eigenvalue weighted by Gasteiger charge is 2.08. The van der Waals surface area contributed by atoms with Crippen LogP contribution in [0.5, 0.6) is 5.75 Å². The highest BCUT2D eigenvalue weighted by Crippen LogP contribution is 2.23. The normalized spacial score (nSPS) is 10.5. The number of phenolic OH excluding ortho intramolecular Hbond substituents is 1. The van der Waals surface area contributed by atoms with Crippen LogP contribution in [-0.2, 0) is 6.42 Å². The molecule has 2 N–H and O–H groups in total. The van der Waals surface area contributed by atoms with Gasteiger partial charge in [0.15, 0.2) is 5.82 Å². The van der Waals surface area contributed by atoms with E-state index in [1.54, 1.807) is 7.05 Å². The lowest BCUT2D eigenvalue weighted by Gasteiger charge is -2.08. The van der Waals surface area contributed by atoms with Crippen LogP contribution in [0.2, 0.25) is 0 Å². The number of aromatic nitrogens is 2. The lowest BCUT2D eigenvalue weighted by molar-refractivity contribution is 0.469. The summed E-state index contributed by atoms with van der Waals surface area (Å²) in [6.45, 7) is 2.06. The van der Waals surface area contributed by atoms with E-state index in [0.29, 0.717) is 17.2 Å². The quantitative estimate of drug-likeness (QED) is 0.888. The third-order valence-electron chi connectivity index (χ3n) is 2.68. The number of halogens is 1. The number of aromatic hydroxyl groups is 1. The van der Waals surface area contributed by atoms with E-state index in [2.05, 4.69) is 22.2 Å². The lowest BCUT2D eigenvalue weighted by atomic mass is 10.1. The Kier molecular flexibility index (Phi) is 3.94. The summed E-state index contributed by atoms with van der Waals surface area (Å²) in [4.78, 5) is 8.68. The molecule has 2 rings (SSSR count). The molecule has 0 saturated heterocycles. The van der Waals surface area contributed by atoms with Crippen molar-refractivity contribution in [3.05, 3.63) is 35.8 Å². The maximum atomic E-state index is 13.3. The van der Waals surface area contributed by atoms with E-state index in [4.69, 9.17) is 0 Å². The summed E-state index contributed by atoms with van der Waals surface area (Å²) in [5, 5.41) is 12.4. The molecule has 100 valence electrons. The number of phenols is 1. The molecule has 0 aliphatic rings. The summed E-state index contributed by atoms with van der Waals surface area (Å²) in [5.74, 6) is 0.443. The molecule has 0 radical (unpaired) electrons. The van der Waals surface area contributed by atoms with Gasteiger partial charge in [0.1, 0.15) is 17.4 Å². The molecule has 0 saturated carbocycles. The zero-order chi connectivity index (χ0) is 13.8. The fourth-order valence-corrected chi connectivity index (χ4v) is 1.84. The second-order valence-corrected chi connectivity index (χ2v) is 4.27. The predicted octanol–water partition coefficient (Wildman–Crippen LogP) is 2.98. The number of hydrogen-bond donors (Lipinski definition) is 2. The Morgan fingerprint density at radius 1 is 1.21 bits per heavy atom. The molecule has 0 bridgehead atoms. The molecule has 0 unspecified atom stereocenters. The summed E-state index contributed by atoms with van der Waals surface area (Å²) in [5.41, 5.74) is 1.35. The Labute approximate surface area is 111 Å². The van der Waals surface area contributed by atoms with Crippen molar-refractivity contribution in [1.82, 2.24) is 9.97 Å². The number of nitrogens with zero attached hydrogens (tertiary/aromatic N) is 2. The van der Waals surface area contributed by atoms with Gasteiger partial charge in [-0.05, 0) is 18.6 Å². The van der Waals surface area contributed by atoms with Crippen LogP contribution < -0.4 is 5.32 Å². The van der Waals surface area contributed by atoms with Crippen molar-refractivity contribution in [2.45, 2.75) is 19.8 Å². The first-order valence-electron chi connectivity index (χ1n) is 6.18. The monoisotopic (exact) mass is 261 g/mol. The van der Waals surface area contributed by atoms with Crippen molar-refractivity contribution >= 4 is 5.82 Å². The molecule has 4 nitrogen and oxygen atoms in total. The summed E-state index contributed by atoms with van der Waals surface area (Å²) >= 11 is 0. The molecular weight excluding hydrogens is 245 g/mol. The topological polar surface area (TPSA) is 58.0 Å². The largest absolute Gasteiger partial charge is 0.508 e. The number of benzene rings is 1. The molecule has 1 aromatic carbocycles. The maximum absolute atomic E-state index is 13.3. The van der Waals surface area contributed by atoms with Gasteiger partial charge in [-0.2, -0.15) is 0 Å². The van der Waals surface area contributed by atoms with Gasteiger partial charge in [0.25, 0.3) is 0 Å². The Bertz CT molecular complexity index is 567. The molecule has 1 aromatic heterocycles. The number of hydrogen-bond acceptors (Lipinski definition) is 4. The van der Waals surface area contributed by atoms with Crippen LogP contribution in [0.25, 0.3) is 11.4 Å². The van der Waals surface area contributed by atoms with E-state index >= 15 is 0 Å². The maximum Gasteiger partial charge on any atom is 0.161 e. The Morgan fingerprint density at radius 2 is 2.00 bits per heavy atom. The van der Waals surface area contributed by atoms with Gasteiger partial charge < -0.3 is 10.4 Å². The first-order valence-corrected chi connectivity index (χ1v) is 6.18. The van der Waals surface area contributed by atoms with Gasteiger partial charge in [-0.3, -0.25) is 0 Å². The summed E-state index contributed by atoms with van der Waals surface area (Å²) < 4.78 is 13.3. The van der Waals surface area contributed by atoms with Crippen molar-refractivity contribution in [3.8, 4) is 17.1 Å². The van der Waals surface area contributed by atoms with E-state index in [0.717, 1.165) is 24.6 Å². The van der Waals surface area contributed by atoms with E-state index < -0.39 is 5.82 Å². The fraction of sp³-hybridized carbons (Fsp3) is 0.286. The minimum Gasteiger partial charge on any atom is -0.508 e. The number of aryl methyl sites for hydroxylation is 1. The minimum absolute atomic E-state index is 0.134. The smallest absolute Gasteiger partial charge is 0.161 e. The first kappa shape index (κ1) is 13.3. The molecule has 0 atom stereocenters. The molecule has 19 heavy (non-hydrogen) atoms. The molecule has 5 heteroatoms. The summed E-state index contributed by atoms with van der Waals surface area (Å²) in [6, 6.07) is 5.68. The standard InChI is InChI=1S/C14H16FN3O/c1-3-4-11-8-13(16-2)18-14(17-11)9-5-10(15)7-12(19)6-9/h5-8,19H,3-4H2,1-2H3,(H,16,17,18). The summed E-state index contributed by atoms with van der Waals surface area (Å²) in [6.07, 6.45) is 1.79. The molecule has 0 spiro atoms. The highest BCUT2D eigenvalue weighted by molar-refractivity contribution is 5.59. The molecule has 0 aliphatic carbocycles. The van der Waals surface area contributed by atoms with Crippen LogP contribution in [0.3, 0.4) is 0 Å². The SMILES string of the molecule is CCCc1cc(NC)nc(-c2cc(O)cc(F)c2)n1. The van der Waals surface area contributed by atoms with E-state index in [9.17, 15) is 9.50 Å². The zero-order valence-corrected chi connectivity index (χ0v) is 10.9. The van der Waals surface area contributed by atoms with E-state index in [1.807, 2.05) is 6.07 Å². The Balaban J connectivity index is 2.50. The average Bonchev–Trinajstić information content (AvgIpc) is 2.37. The van der Waals surface area contributed by atoms with Crippen LogP contribution in [0, 0.1) is 5.82 Å². The van der Waals surface area contributed by atoms with Gasteiger partial charge in [0.05, 0.1) is 0 Å². The summed E-state index contributed by atoms with van der Waals surface area (Å²) in [7, 11) is 1.77. The lowest BCUT2D eigenvalue weighted by Crippen LogP contribution is -2.01. The van der Waals surface area contributed by atoms with Crippen molar-refractivity contribution < 1.29 is 9.50 Å². The Hall–Kier alpha value is -2.17. The van der Waals surface area contributed by atoms with Crippen molar-refractivity contribution in [3.63, 3.8) is 0 Å². The minimum atomic E-state index is -0.509. The van der Waals surface area contributed by atoms with Crippen molar-refractivity contribution in [2.24, 2.45) is 0 Å². The molecule has 2 aromatic rings. The number of anilines is 1. The molecule has 0 aliphatic heterocycles. The van der Waals surface area contributed by atoms with Crippen LogP contribution in [0.1, 0.15) is 19.0 Å². The van der Waals surface area contributed by atoms with Gasteiger partial charge >= 0.3 is 0 Å². The molecular formula is C14H16FN3O. The third-order valence-corrected chi connectivity index (χ3v) is 2.68. The second kappa shape index (κ2) is 5.65. The van der Waals surface area contributed by atoms with Gasteiger partial charge in [0.2, 0.25) is 0 Å². The highest BCUT2D eigenvalue weighted by atomic mass is 19.1. The van der Waals surface area contributed by atoms with Gasteiger partial charge in [0, 0.05) is 30.4 Å². The average molecular weight is 261 g/mol. The molecule has 0 amide bonds. The molecule has 0 fully saturated rings. The zero-order valence-electron chi connectivity index (χ0n) is 10.9. The van der Waals surface area contributed by atoms with E-state index in [-0.39, 0.29) is 5.75 Å².